The predicted molar refractivity (Wildman–Crippen MR) is 93.3 cm³/mol. The monoisotopic (exact) mass is 361 g/mol. The molecule has 1 N–H and O–H groups in total. The number of rotatable bonds is 5. The van der Waals surface area contributed by atoms with Crippen molar-refractivity contribution in [3.05, 3.63) is 64.3 Å². The Balaban J connectivity index is 1.80. The van der Waals surface area contributed by atoms with Crippen LogP contribution in [0.4, 0.5) is 10.2 Å². The molecule has 0 saturated carbocycles. The molecule has 8 heteroatoms. The number of carbonyl (C=O) groups excluding carboxylic acids is 1. The van der Waals surface area contributed by atoms with Crippen LogP contribution >= 0.6 is 11.6 Å². The lowest BCUT2D eigenvalue weighted by atomic mass is 10.2. The fourth-order valence-corrected chi connectivity index (χ4v) is 2.75. The minimum Gasteiger partial charge on any atom is -0.304 e. The molecule has 0 aliphatic heterocycles. The molecule has 0 radical (unpaired) electrons. The summed E-state index contributed by atoms with van der Waals surface area (Å²) in [7, 11) is 0. The predicted octanol–water partition coefficient (Wildman–Crippen LogP) is 3.50. The first-order valence-electron chi connectivity index (χ1n) is 7.80. The smallest absolute Gasteiger partial charge is 0.275 e. The summed E-state index contributed by atoms with van der Waals surface area (Å²) >= 11 is 6.06. The van der Waals surface area contributed by atoms with E-state index in [1.165, 1.54) is 6.07 Å². The van der Waals surface area contributed by atoms with Crippen LogP contribution in [0.25, 0.3) is 0 Å². The van der Waals surface area contributed by atoms with E-state index in [0.29, 0.717) is 28.6 Å². The van der Waals surface area contributed by atoms with Crippen molar-refractivity contribution in [1.29, 1.82) is 0 Å². The van der Waals surface area contributed by atoms with E-state index in [1.54, 1.807) is 39.8 Å². The molecule has 25 heavy (non-hydrogen) atoms. The van der Waals surface area contributed by atoms with Gasteiger partial charge in [0.1, 0.15) is 11.5 Å². The van der Waals surface area contributed by atoms with Gasteiger partial charge in [0.15, 0.2) is 5.82 Å². The van der Waals surface area contributed by atoms with Crippen LogP contribution in [-0.2, 0) is 13.1 Å². The number of benzene rings is 1. The highest BCUT2D eigenvalue weighted by Crippen LogP contribution is 2.21. The summed E-state index contributed by atoms with van der Waals surface area (Å²) in [5.41, 5.74) is 1.59. The summed E-state index contributed by atoms with van der Waals surface area (Å²) in [6.07, 6.45) is 1.57. The molecule has 0 saturated heterocycles. The van der Waals surface area contributed by atoms with Crippen molar-refractivity contribution < 1.29 is 9.18 Å². The average molecular weight is 362 g/mol. The van der Waals surface area contributed by atoms with Crippen LogP contribution in [0, 0.1) is 12.7 Å². The molecule has 3 rings (SSSR count). The van der Waals surface area contributed by atoms with Crippen LogP contribution in [0.1, 0.15) is 28.7 Å². The SMILES string of the molecule is CCn1nccc1C(=O)Nc1cc(C)n(Cc2c(F)cccc2Cl)n1. The Kier molecular flexibility index (Phi) is 4.85. The second kappa shape index (κ2) is 7.06. The zero-order valence-electron chi connectivity index (χ0n) is 13.8. The number of aromatic nitrogens is 4. The molecular formula is C17H17ClFN5O. The van der Waals surface area contributed by atoms with Crippen molar-refractivity contribution in [2.24, 2.45) is 0 Å². The van der Waals surface area contributed by atoms with Crippen molar-refractivity contribution in [2.45, 2.75) is 26.9 Å². The number of hydrogen-bond donors (Lipinski definition) is 1. The standard InChI is InChI=1S/C17H17ClFN5O/c1-3-23-15(7-8-20-23)17(25)21-16-9-11(2)24(22-16)10-12-13(18)5-4-6-14(12)19/h4-9H,3,10H2,1-2H3,(H,21,22,25). The van der Waals surface area contributed by atoms with E-state index < -0.39 is 0 Å². The zero-order chi connectivity index (χ0) is 18.0. The van der Waals surface area contributed by atoms with Crippen LogP contribution in [0.2, 0.25) is 5.02 Å². The molecule has 1 aromatic carbocycles. The van der Waals surface area contributed by atoms with E-state index in [4.69, 9.17) is 11.6 Å². The molecule has 2 aromatic heterocycles. The van der Waals surface area contributed by atoms with Gasteiger partial charge in [0.05, 0.1) is 6.54 Å². The molecule has 0 bridgehead atoms. The van der Waals surface area contributed by atoms with Gasteiger partial charge in [0, 0.05) is 35.1 Å². The van der Waals surface area contributed by atoms with E-state index in [0.717, 1.165) is 5.69 Å². The van der Waals surface area contributed by atoms with Crippen molar-refractivity contribution in [2.75, 3.05) is 5.32 Å². The van der Waals surface area contributed by atoms with E-state index in [-0.39, 0.29) is 18.3 Å². The highest BCUT2D eigenvalue weighted by molar-refractivity contribution is 6.31. The highest BCUT2D eigenvalue weighted by Gasteiger charge is 2.15. The first kappa shape index (κ1) is 17.2. The number of hydrogen-bond acceptors (Lipinski definition) is 3. The summed E-state index contributed by atoms with van der Waals surface area (Å²) < 4.78 is 17.1. The van der Waals surface area contributed by atoms with Gasteiger partial charge in [0.2, 0.25) is 0 Å². The molecule has 0 fully saturated rings. The van der Waals surface area contributed by atoms with Crippen LogP contribution in [0.5, 0.6) is 0 Å². The fourth-order valence-electron chi connectivity index (χ4n) is 2.52. The van der Waals surface area contributed by atoms with Crippen molar-refractivity contribution in [3.8, 4) is 0 Å². The quantitative estimate of drug-likeness (QED) is 0.756. The maximum absolute atomic E-state index is 13.9. The number of anilines is 1. The third kappa shape index (κ3) is 3.56. The number of halogens is 2. The van der Waals surface area contributed by atoms with Gasteiger partial charge in [-0.3, -0.25) is 14.2 Å². The number of nitrogens with one attached hydrogen (secondary N) is 1. The molecule has 0 atom stereocenters. The summed E-state index contributed by atoms with van der Waals surface area (Å²) in [5.74, 6) is -0.299. The highest BCUT2D eigenvalue weighted by atomic mass is 35.5. The lowest BCUT2D eigenvalue weighted by Gasteiger charge is -2.08. The zero-order valence-corrected chi connectivity index (χ0v) is 14.6. The topological polar surface area (TPSA) is 64.7 Å². The number of carbonyl (C=O) groups is 1. The number of nitrogens with zero attached hydrogens (tertiary/aromatic N) is 4. The van der Waals surface area contributed by atoms with Crippen molar-refractivity contribution in [1.82, 2.24) is 19.6 Å². The van der Waals surface area contributed by atoms with Gasteiger partial charge in [-0.05, 0) is 32.0 Å². The fraction of sp³-hybridized carbons (Fsp3) is 0.235. The second-order valence-corrected chi connectivity index (χ2v) is 5.92. The normalized spacial score (nSPS) is 10.9. The number of amides is 1. The van der Waals surface area contributed by atoms with Crippen LogP contribution in [0.15, 0.2) is 36.5 Å². The van der Waals surface area contributed by atoms with E-state index in [1.807, 2.05) is 13.8 Å². The summed E-state index contributed by atoms with van der Waals surface area (Å²) in [6, 6.07) is 7.91. The first-order chi connectivity index (χ1) is 12.0. The van der Waals surface area contributed by atoms with Crippen molar-refractivity contribution in [3.63, 3.8) is 0 Å². The molecule has 130 valence electrons. The maximum atomic E-state index is 13.9. The average Bonchev–Trinajstić information content (AvgIpc) is 3.17. The lowest BCUT2D eigenvalue weighted by Crippen LogP contribution is -2.18. The van der Waals surface area contributed by atoms with Gasteiger partial charge >= 0.3 is 0 Å². The Morgan fingerprint density at radius 3 is 2.84 bits per heavy atom. The molecule has 6 nitrogen and oxygen atoms in total. The van der Waals surface area contributed by atoms with Gasteiger partial charge in [-0.1, -0.05) is 17.7 Å². The van der Waals surface area contributed by atoms with E-state index in [9.17, 15) is 9.18 Å². The Morgan fingerprint density at radius 2 is 2.12 bits per heavy atom. The molecule has 2 heterocycles. The lowest BCUT2D eigenvalue weighted by molar-refractivity contribution is 0.101. The van der Waals surface area contributed by atoms with Gasteiger partial charge in [-0.2, -0.15) is 10.2 Å². The van der Waals surface area contributed by atoms with Crippen molar-refractivity contribution >= 4 is 23.3 Å². The third-order valence-electron chi connectivity index (χ3n) is 3.84. The van der Waals surface area contributed by atoms with E-state index >= 15 is 0 Å². The molecule has 0 spiro atoms. The Morgan fingerprint density at radius 1 is 1.32 bits per heavy atom. The molecule has 1 amide bonds. The van der Waals surface area contributed by atoms with Crippen LogP contribution < -0.4 is 5.32 Å². The first-order valence-corrected chi connectivity index (χ1v) is 8.18. The third-order valence-corrected chi connectivity index (χ3v) is 4.20. The molecule has 0 aliphatic rings. The van der Waals surface area contributed by atoms with Crippen LogP contribution in [-0.4, -0.2) is 25.5 Å². The summed E-state index contributed by atoms with van der Waals surface area (Å²) in [4.78, 5) is 12.3. The Bertz CT molecular complexity index is 897. The maximum Gasteiger partial charge on any atom is 0.275 e. The molecule has 3 aromatic rings. The molecule has 0 aliphatic carbocycles. The van der Waals surface area contributed by atoms with Gasteiger partial charge in [-0.15, -0.1) is 0 Å². The molecule has 0 unspecified atom stereocenters. The minimum atomic E-state index is -0.389. The Hall–Kier alpha value is -2.67. The minimum absolute atomic E-state index is 0.181. The van der Waals surface area contributed by atoms with Gasteiger partial charge in [-0.25, -0.2) is 4.39 Å². The summed E-state index contributed by atoms with van der Waals surface area (Å²) in [5, 5.41) is 11.5. The second-order valence-electron chi connectivity index (χ2n) is 5.52. The molecular weight excluding hydrogens is 345 g/mol. The van der Waals surface area contributed by atoms with Gasteiger partial charge in [0.25, 0.3) is 5.91 Å². The van der Waals surface area contributed by atoms with Gasteiger partial charge < -0.3 is 5.32 Å². The largest absolute Gasteiger partial charge is 0.304 e. The Labute approximate surface area is 149 Å². The van der Waals surface area contributed by atoms with E-state index in [2.05, 4.69) is 15.5 Å². The number of aryl methyl sites for hydroxylation is 2. The summed E-state index contributed by atoms with van der Waals surface area (Å²) in [6.45, 7) is 4.50. The van der Waals surface area contributed by atoms with Crippen LogP contribution in [0.3, 0.4) is 0 Å².